The van der Waals surface area contributed by atoms with Crippen LogP contribution < -0.4 is 19.1 Å². The monoisotopic (exact) mass is 601 g/mol. The molecule has 0 spiro atoms. The van der Waals surface area contributed by atoms with E-state index in [1.807, 2.05) is 20.8 Å². The number of hydrogen-bond donors (Lipinski definition) is 1. The first-order valence-electron chi connectivity index (χ1n) is 13.1. The predicted molar refractivity (Wildman–Crippen MR) is 160 cm³/mol. The Kier molecular flexibility index (Phi) is 11.0. The number of nitrogens with zero attached hydrogens (tertiary/aromatic N) is 2. The minimum absolute atomic E-state index is 0.0302. The first-order valence-corrected chi connectivity index (χ1v) is 15.0. The fourth-order valence-corrected chi connectivity index (χ4v) is 5.85. The molecule has 0 fully saturated rings. The number of benzene rings is 3. The predicted octanol–water partition coefficient (Wildman–Crippen LogP) is 4.88. The summed E-state index contributed by atoms with van der Waals surface area (Å²) >= 11 is 6.22. The minimum Gasteiger partial charge on any atom is -0.497 e. The van der Waals surface area contributed by atoms with Crippen molar-refractivity contribution >= 4 is 39.1 Å². The quantitative estimate of drug-likeness (QED) is 0.299. The van der Waals surface area contributed by atoms with Crippen LogP contribution in [0.4, 0.5) is 5.69 Å². The van der Waals surface area contributed by atoms with Crippen LogP contribution in [0.15, 0.2) is 77.7 Å². The van der Waals surface area contributed by atoms with Crippen molar-refractivity contribution in [1.29, 1.82) is 0 Å². The second-order valence-corrected chi connectivity index (χ2v) is 11.9. The highest BCUT2D eigenvalue weighted by atomic mass is 35.5. The summed E-state index contributed by atoms with van der Waals surface area (Å²) in [6.45, 7) is 5.00. The lowest BCUT2D eigenvalue weighted by atomic mass is 10.1. The fraction of sp³-hybridized carbons (Fsp3) is 0.333. The van der Waals surface area contributed by atoms with E-state index in [1.165, 1.54) is 42.3 Å². The molecule has 220 valence electrons. The van der Waals surface area contributed by atoms with Crippen LogP contribution in [0.3, 0.4) is 0 Å². The number of carbonyl (C=O) groups is 2. The maximum atomic E-state index is 14.1. The topological polar surface area (TPSA) is 105 Å². The van der Waals surface area contributed by atoms with E-state index in [-0.39, 0.29) is 29.1 Å². The normalized spacial score (nSPS) is 12.0. The van der Waals surface area contributed by atoms with E-state index in [2.05, 4.69) is 5.32 Å². The van der Waals surface area contributed by atoms with Gasteiger partial charge in [0.1, 0.15) is 24.1 Å². The summed E-state index contributed by atoms with van der Waals surface area (Å²) in [5.74, 6) is 0.260. The van der Waals surface area contributed by atoms with E-state index in [9.17, 15) is 18.0 Å². The summed E-state index contributed by atoms with van der Waals surface area (Å²) in [6, 6.07) is 18.3. The number of hydrogen-bond acceptors (Lipinski definition) is 6. The van der Waals surface area contributed by atoms with Gasteiger partial charge in [-0.2, -0.15) is 0 Å². The van der Waals surface area contributed by atoms with E-state index in [1.54, 1.807) is 49.6 Å². The molecule has 0 bridgehead atoms. The molecule has 0 aliphatic heterocycles. The lowest BCUT2D eigenvalue weighted by Crippen LogP contribution is -2.53. The molecule has 3 rings (SSSR count). The van der Waals surface area contributed by atoms with Gasteiger partial charge in [0.15, 0.2) is 0 Å². The van der Waals surface area contributed by atoms with Crippen LogP contribution in [0.2, 0.25) is 5.02 Å². The van der Waals surface area contributed by atoms with Gasteiger partial charge >= 0.3 is 0 Å². The summed E-state index contributed by atoms with van der Waals surface area (Å²) in [6.07, 6.45) is 0.322. The number of ether oxygens (including phenoxy) is 2. The van der Waals surface area contributed by atoms with E-state index in [0.717, 1.165) is 9.87 Å². The van der Waals surface area contributed by atoms with Crippen molar-refractivity contribution in [3.63, 3.8) is 0 Å². The third-order valence-electron chi connectivity index (χ3n) is 6.35. The van der Waals surface area contributed by atoms with Gasteiger partial charge in [-0.1, -0.05) is 36.7 Å². The molecule has 1 N–H and O–H groups in total. The summed E-state index contributed by atoms with van der Waals surface area (Å²) in [7, 11) is -1.18. The Hall–Kier alpha value is -3.76. The molecule has 3 aromatic rings. The highest BCUT2D eigenvalue weighted by Crippen LogP contribution is 2.28. The molecule has 0 aromatic heterocycles. The second-order valence-electron chi connectivity index (χ2n) is 9.62. The van der Waals surface area contributed by atoms with Crippen LogP contribution in [0, 0.1) is 0 Å². The lowest BCUT2D eigenvalue weighted by Gasteiger charge is -2.33. The molecule has 0 saturated carbocycles. The fourth-order valence-electron chi connectivity index (χ4n) is 4.26. The number of nitrogens with one attached hydrogen (secondary N) is 1. The molecule has 1 atom stereocenters. The van der Waals surface area contributed by atoms with Gasteiger partial charge in [0, 0.05) is 17.6 Å². The molecule has 0 unspecified atom stereocenters. The van der Waals surface area contributed by atoms with Crippen LogP contribution in [0.25, 0.3) is 0 Å². The van der Waals surface area contributed by atoms with Crippen molar-refractivity contribution in [3.8, 4) is 11.5 Å². The maximum Gasteiger partial charge on any atom is 0.264 e. The molecule has 41 heavy (non-hydrogen) atoms. The maximum absolute atomic E-state index is 14.1. The van der Waals surface area contributed by atoms with Gasteiger partial charge in [-0.05, 0) is 80.4 Å². The number of amides is 2. The van der Waals surface area contributed by atoms with Gasteiger partial charge < -0.3 is 19.7 Å². The van der Waals surface area contributed by atoms with E-state index in [0.29, 0.717) is 22.9 Å². The Labute approximate surface area is 247 Å². The summed E-state index contributed by atoms with van der Waals surface area (Å²) in [5.41, 5.74) is 0.966. The SMILES string of the molecule is CC[C@H](C(=O)NC(C)C)N(Cc1ccc(OC)cc1)C(=O)CN(c1cccc(Cl)c1)S(=O)(=O)c1ccc(OC)cc1. The Morgan fingerprint density at radius 2 is 1.51 bits per heavy atom. The number of halogens is 1. The highest BCUT2D eigenvalue weighted by molar-refractivity contribution is 7.92. The Bertz CT molecular complexity index is 1430. The highest BCUT2D eigenvalue weighted by Gasteiger charge is 2.34. The van der Waals surface area contributed by atoms with Crippen LogP contribution in [-0.2, 0) is 26.2 Å². The van der Waals surface area contributed by atoms with Gasteiger partial charge in [0.05, 0.1) is 24.8 Å². The Balaban J connectivity index is 2.06. The molecule has 3 aromatic carbocycles. The van der Waals surface area contributed by atoms with E-state index < -0.39 is 28.5 Å². The first kappa shape index (κ1) is 31.8. The van der Waals surface area contributed by atoms with Crippen molar-refractivity contribution in [2.45, 2.75) is 50.7 Å². The minimum atomic E-state index is -4.22. The number of rotatable bonds is 13. The zero-order chi connectivity index (χ0) is 30.2. The molecule has 0 saturated heterocycles. The van der Waals surface area contributed by atoms with Crippen molar-refractivity contribution in [3.05, 3.63) is 83.4 Å². The second kappa shape index (κ2) is 14.2. The van der Waals surface area contributed by atoms with Crippen LogP contribution in [-0.4, -0.2) is 58.0 Å². The number of anilines is 1. The number of methoxy groups -OCH3 is 2. The smallest absolute Gasteiger partial charge is 0.264 e. The van der Waals surface area contributed by atoms with Gasteiger partial charge in [-0.25, -0.2) is 8.42 Å². The third kappa shape index (κ3) is 8.14. The molecular formula is C30H36ClN3O6S. The van der Waals surface area contributed by atoms with Crippen molar-refractivity contribution in [2.75, 3.05) is 25.1 Å². The van der Waals surface area contributed by atoms with E-state index >= 15 is 0 Å². The molecule has 9 nitrogen and oxygen atoms in total. The van der Waals surface area contributed by atoms with Crippen molar-refractivity contribution in [2.24, 2.45) is 0 Å². The average molecular weight is 602 g/mol. The Morgan fingerprint density at radius 1 is 0.927 bits per heavy atom. The van der Waals surface area contributed by atoms with Gasteiger partial charge in [0.2, 0.25) is 11.8 Å². The summed E-state index contributed by atoms with van der Waals surface area (Å²) in [5, 5.41) is 3.19. The van der Waals surface area contributed by atoms with Crippen LogP contribution in [0.1, 0.15) is 32.8 Å². The lowest BCUT2D eigenvalue weighted by molar-refractivity contribution is -0.140. The van der Waals surface area contributed by atoms with Gasteiger partial charge in [-0.15, -0.1) is 0 Å². The Morgan fingerprint density at radius 3 is 2.02 bits per heavy atom. The zero-order valence-electron chi connectivity index (χ0n) is 23.8. The van der Waals surface area contributed by atoms with Crippen molar-refractivity contribution in [1.82, 2.24) is 10.2 Å². The largest absolute Gasteiger partial charge is 0.497 e. The molecule has 0 aliphatic rings. The molecule has 2 amide bonds. The zero-order valence-corrected chi connectivity index (χ0v) is 25.4. The average Bonchev–Trinajstić information content (AvgIpc) is 2.95. The molecule has 0 heterocycles. The molecule has 0 aliphatic carbocycles. The molecular weight excluding hydrogens is 566 g/mol. The van der Waals surface area contributed by atoms with Crippen LogP contribution >= 0.6 is 11.6 Å². The van der Waals surface area contributed by atoms with Gasteiger partial charge in [0.25, 0.3) is 10.0 Å². The number of sulfonamides is 1. The van der Waals surface area contributed by atoms with Crippen LogP contribution in [0.5, 0.6) is 11.5 Å². The summed E-state index contributed by atoms with van der Waals surface area (Å²) < 4.78 is 39.3. The summed E-state index contributed by atoms with van der Waals surface area (Å²) in [4.78, 5) is 28.7. The standard InChI is InChI=1S/C30H36ClN3O6S/c1-6-28(30(36)32-21(2)3)33(19-22-10-12-25(39-4)13-11-22)29(35)20-34(24-9-7-8-23(31)18-24)41(37,38)27-16-14-26(40-5)15-17-27/h7-18,21,28H,6,19-20H2,1-5H3,(H,32,36)/t28-/m1/s1. The molecule has 11 heteroatoms. The van der Waals surface area contributed by atoms with E-state index in [4.69, 9.17) is 21.1 Å². The van der Waals surface area contributed by atoms with Gasteiger partial charge in [-0.3, -0.25) is 13.9 Å². The molecule has 0 radical (unpaired) electrons. The number of carbonyl (C=O) groups excluding carboxylic acids is 2. The first-order chi connectivity index (χ1) is 19.5. The van der Waals surface area contributed by atoms with Crippen molar-refractivity contribution < 1.29 is 27.5 Å². The third-order valence-corrected chi connectivity index (χ3v) is 8.37.